The molecule has 3 rings (SSSR count). The monoisotopic (exact) mass is 275 g/mol. The molecule has 2 aromatic rings. The van der Waals surface area contributed by atoms with Gasteiger partial charge in [-0.2, -0.15) is 0 Å². The molecule has 0 aliphatic carbocycles. The van der Waals surface area contributed by atoms with Gasteiger partial charge in [-0.05, 0) is 38.3 Å². The van der Waals surface area contributed by atoms with E-state index in [0.717, 1.165) is 25.9 Å². The highest BCUT2D eigenvalue weighted by Crippen LogP contribution is 2.23. The van der Waals surface area contributed by atoms with Crippen molar-refractivity contribution in [2.75, 3.05) is 11.9 Å². The molecule has 2 atom stereocenters. The minimum absolute atomic E-state index is 0.222. The van der Waals surface area contributed by atoms with Crippen molar-refractivity contribution in [1.29, 1.82) is 0 Å². The second-order valence-electron chi connectivity index (χ2n) is 5.27. The van der Waals surface area contributed by atoms with Crippen LogP contribution in [0.2, 0.25) is 0 Å². The van der Waals surface area contributed by atoms with Crippen molar-refractivity contribution in [3.05, 3.63) is 30.3 Å². The van der Waals surface area contributed by atoms with Crippen molar-refractivity contribution >= 4 is 16.7 Å². The van der Waals surface area contributed by atoms with Gasteiger partial charge in [-0.15, -0.1) is 0 Å². The van der Waals surface area contributed by atoms with Gasteiger partial charge in [0.25, 0.3) is 0 Å². The molecule has 4 nitrogen and oxygen atoms in total. The highest BCUT2D eigenvalue weighted by molar-refractivity contribution is 5.89. The number of rotatable bonds is 4. The summed E-state index contributed by atoms with van der Waals surface area (Å²) in [5.74, 6) is 0.361. The predicted molar refractivity (Wildman–Crippen MR) is 76.2 cm³/mol. The standard InChI is InChI=1S/C15H18FN3O/c1-10(8-11-4-3-7-20-11)19-15-12-5-2-6-13(16)14(12)17-9-18-15/h2,5-6,9-11H,3-4,7-8H2,1H3,(H,17,18,19). The number of hydrogen-bond acceptors (Lipinski definition) is 4. The number of hydrogen-bond donors (Lipinski definition) is 1. The Bertz CT molecular complexity index is 599. The summed E-state index contributed by atoms with van der Waals surface area (Å²) in [5, 5.41) is 4.06. The van der Waals surface area contributed by atoms with Crippen molar-refractivity contribution in [3.63, 3.8) is 0 Å². The molecule has 2 heterocycles. The van der Waals surface area contributed by atoms with Gasteiger partial charge in [-0.1, -0.05) is 6.07 Å². The van der Waals surface area contributed by atoms with Gasteiger partial charge < -0.3 is 10.1 Å². The second-order valence-corrected chi connectivity index (χ2v) is 5.27. The van der Waals surface area contributed by atoms with E-state index < -0.39 is 0 Å². The lowest BCUT2D eigenvalue weighted by atomic mass is 10.1. The van der Waals surface area contributed by atoms with E-state index in [1.807, 2.05) is 6.07 Å². The molecule has 0 amide bonds. The molecule has 2 unspecified atom stereocenters. The number of nitrogens with one attached hydrogen (secondary N) is 1. The molecule has 1 N–H and O–H groups in total. The molecule has 0 bridgehead atoms. The van der Waals surface area contributed by atoms with Gasteiger partial charge in [-0.3, -0.25) is 0 Å². The number of fused-ring (bicyclic) bond motifs is 1. The van der Waals surface area contributed by atoms with Gasteiger partial charge in [0, 0.05) is 18.0 Å². The van der Waals surface area contributed by atoms with E-state index in [2.05, 4.69) is 22.2 Å². The molecule has 1 fully saturated rings. The first-order valence-electron chi connectivity index (χ1n) is 7.01. The Morgan fingerprint density at radius 1 is 1.45 bits per heavy atom. The third-order valence-electron chi connectivity index (χ3n) is 3.64. The van der Waals surface area contributed by atoms with E-state index in [1.165, 1.54) is 12.4 Å². The van der Waals surface area contributed by atoms with Gasteiger partial charge in [0.1, 0.15) is 23.5 Å². The zero-order chi connectivity index (χ0) is 13.9. The Balaban J connectivity index is 1.78. The van der Waals surface area contributed by atoms with Gasteiger partial charge in [0.05, 0.1) is 6.10 Å². The van der Waals surface area contributed by atoms with Crippen LogP contribution in [0.1, 0.15) is 26.2 Å². The van der Waals surface area contributed by atoms with Gasteiger partial charge in [0.2, 0.25) is 0 Å². The lowest BCUT2D eigenvalue weighted by Crippen LogP contribution is -2.22. The molecule has 1 saturated heterocycles. The number of benzene rings is 1. The largest absolute Gasteiger partial charge is 0.378 e. The third kappa shape index (κ3) is 2.72. The number of nitrogens with zero attached hydrogens (tertiary/aromatic N) is 2. The van der Waals surface area contributed by atoms with Crippen molar-refractivity contribution in [2.24, 2.45) is 0 Å². The summed E-state index contributed by atoms with van der Waals surface area (Å²) in [6.07, 6.45) is 4.90. The summed E-state index contributed by atoms with van der Waals surface area (Å²) in [6.45, 7) is 2.95. The summed E-state index contributed by atoms with van der Waals surface area (Å²) in [6, 6.07) is 5.14. The average molecular weight is 275 g/mol. The molecular formula is C15H18FN3O. The highest BCUT2D eigenvalue weighted by Gasteiger charge is 2.19. The van der Waals surface area contributed by atoms with E-state index >= 15 is 0 Å². The van der Waals surface area contributed by atoms with E-state index in [0.29, 0.717) is 22.8 Å². The minimum atomic E-state index is -0.320. The molecule has 0 radical (unpaired) electrons. The molecule has 20 heavy (non-hydrogen) atoms. The molecule has 1 aromatic heterocycles. The van der Waals surface area contributed by atoms with Crippen LogP contribution in [0.25, 0.3) is 10.9 Å². The SMILES string of the molecule is CC(CC1CCCO1)Nc1ncnc2c(F)cccc12. The molecule has 106 valence electrons. The van der Waals surface area contributed by atoms with E-state index in [4.69, 9.17) is 4.74 Å². The highest BCUT2D eigenvalue weighted by atomic mass is 19.1. The van der Waals surface area contributed by atoms with Crippen LogP contribution in [0.5, 0.6) is 0 Å². The third-order valence-corrected chi connectivity index (χ3v) is 3.64. The summed E-state index contributed by atoms with van der Waals surface area (Å²) in [7, 11) is 0. The molecule has 0 saturated carbocycles. The number of halogens is 1. The zero-order valence-corrected chi connectivity index (χ0v) is 11.5. The molecule has 1 aliphatic heterocycles. The van der Waals surface area contributed by atoms with Crippen LogP contribution in [-0.2, 0) is 4.74 Å². The molecule has 0 spiro atoms. The lowest BCUT2D eigenvalue weighted by molar-refractivity contribution is 0.101. The van der Waals surface area contributed by atoms with Crippen LogP contribution in [0.3, 0.4) is 0 Å². The fourth-order valence-electron chi connectivity index (χ4n) is 2.68. The Morgan fingerprint density at radius 2 is 2.35 bits per heavy atom. The van der Waals surface area contributed by atoms with Crippen LogP contribution in [0.15, 0.2) is 24.5 Å². The summed E-state index contributed by atoms with van der Waals surface area (Å²) in [5.41, 5.74) is 0.356. The quantitative estimate of drug-likeness (QED) is 0.931. The van der Waals surface area contributed by atoms with E-state index in [1.54, 1.807) is 6.07 Å². The summed E-state index contributed by atoms with van der Waals surface area (Å²) in [4.78, 5) is 8.23. The fraction of sp³-hybridized carbons (Fsp3) is 0.467. The van der Waals surface area contributed by atoms with Crippen molar-refractivity contribution in [2.45, 2.75) is 38.3 Å². The second kappa shape index (κ2) is 5.71. The number of ether oxygens (including phenoxy) is 1. The van der Waals surface area contributed by atoms with Crippen molar-refractivity contribution in [1.82, 2.24) is 9.97 Å². The van der Waals surface area contributed by atoms with Crippen LogP contribution in [0.4, 0.5) is 10.2 Å². The topological polar surface area (TPSA) is 47.0 Å². The fourth-order valence-corrected chi connectivity index (χ4v) is 2.68. The lowest BCUT2D eigenvalue weighted by Gasteiger charge is -2.19. The maximum atomic E-state index is 13.7. The Labute approximate surface area is 117 Å². The van der Waals surface area contributed by atoms with E-state index in [-0.39, 0.29) is 11.9 Å². The first-order chi connectivity index (χ1) is 9.74. The van der Waals surface area contributed by atoms with Crippen LogP contribution in [0, 0.1) is 5.82 Å². The van der Waals surface area contributed by atoms with Gasteiger partial charge in [0.15, 0.2) is 0 Å². The van der Waals surface area contributed by atoms with Crippen molar-refractivity contribution < 1.29 is 9.13 Å². The molecule has 1 aromatic carbocycles. The summed E-state index contributed by atoms with van der Waals surface area (Å²) >= 11 is 0. The smallest absolute Gasteiger partial charge is 0.149 e. The van der Waals surface area contributed by atoms with Crippen molar-refractivity contribution in [3.8, 4) is 0 Å². The summed E-state index contributed by atoms with van der Waals surface area (Å²) < 4.78 is 19.3. The number of aromatic nitrogens is 2. The Kier molecular flexibility index (Phi) is 3.78. The predicted octanol–water partition coefficient (Wildman–Crippen LogP) is 3.14. The van der Waals surface area contributed by atoms with Gasteiger partial charge in [-0.25, -0.2) is 14.4 Å². The minimum Gasteiger partial charge on any atom is -0.378 e. The number of anilines is 1. The van der Waals surface area contributed by atoms with Crippen LogP contribution < -0.4 is 5.32 Å². The maximum absolute atomic E-state index is 13.7. The maximum Gasteiger partial charge on any atom is 0.149 e. The first kappa shape index (κ1) is 13.2. The Morgan fingerprint density at radius 3 is 3.15 bits per heavy atom. The average Bonchev–Trinajstić information content (AvgIpc) is 2.93. The first-order valence-corrected chi connectivity index (χ1v) is 7.01. The molecule has 5 heteroatoms. The number of para-hydroxylation sites is 1. The van der Waals surface area contributed by atoms with Crippen LogP contribution >= 0.6 is 0 Å². The zero-order valence-electron chi connectivity index (χ0n) is 11.5. The molecular weight excluding hydrogens is 257 g/mol. The van der Waals surface area contributed by atoms with E-state index in [9.17, 15) is 4.39 Å². The Hall–Kier alpha value is -1.75. The normalized spacial score (nSPS) is 20.2. The molecule has 1 aliphatic rings. The van der Waals surface area contributed by atoms with Crippen LogP contribution in [-0.4, -0.2) is 28.7 Å². The van der Waals surface area contributed by atoms with Gasteiger partial charge >= 0.3 is 0 Å².